The summed E-state index contributed by atoms with van der Waals surface area (Å²) in [5.41, 5.74) is 1.58. The third-order valence-electron chi connectivity index (χ3n) is 4.92. The zero-order chi connectivity index (χ0) is 20.4. The third-order valence-corrected chi connectivity index (χ3v) is 4.92. The average molecular weight is 389 g/mol. The number of carbonyl (C=O) groups is 2. The summed E-state index contributed by atoms with van der Waals surface area (Å²) in [4.78, 5) is 27.5. The number of benzene rings is 2. The number of aliphatic hydroxyl groups is 1. The molecule has 0 saturated heterocycles. The minimum Gasteiger partial charge on any atom is -0.503 e. The lowest BCUT2D eigenvalue weighted by molar-refractivity contribution is -0.130. The first-order valence-corrected chi connectivity index (χ1v) is 9.10. The molecule has 6 heteroatoms. The fraction of sp³-hybridized carbons (Fsp3) is 0.130. The maximum absolute atomic E-state index is 13.1. The number of hydrogen-bond donors (Lipinski definition) is 1. The quantitative estimate of drug-likeness (QED) is 0.643. The smallest absolute Gasteiger partial charge is 0.290 e. The van der Waals surface area contributed by atoms with Crippen molar-refractivity contribution in [1.82, 2.24) is 4.90 Å². The van der Waals surface area contributed by atoms with Crippen molar-refractivity contribution in [3.8, 4) is 5.75 Å². The summed E-state index contributed by atoms with van der Waals surface area (Å²) in [6.45, 7) is 0.245. The van der Waals surface area contributed by atoms with E-state index >= 15 is 0 Å². The highest BCUT2D eigenvalue weighted by Gasteiger charge is 2.44. The van der Waals surface area contributed by atoms with Gasteiger partial charge in [0, 0.05) is 6.54 Å². The molecule has 2 aromatic carbocycles. The van der Waals surface area contributed by atoms with Gasteiger partial charge in [0.2, 0.25) is 5.78 Å². The van der Waals surface area contributed by atoms with Gasteiger partial charge in [0.15, 0.2) is 11.5 Å². The van der Waals surface area contributed by atoms with E-state index in [0.717, 1.165) is 5.56 Å². The molecule has 1 N–H and O–H groups in total. The molecule has 1 aromatic heterocycles. The zero-order valence-corrected chi connectivity index (χ0v) is 15.7. The van der Waals surface area contributed by atoms with Gasteiger partial charge >= 0.3 is 0 Å². The van der Waals surface area contributed by atoms with Gasteiger partial charge in [0.1, 0.15) is 5.75 Å². The predicted octanol–water partition coefficient (Wildman–Crippen LogP) is 4.07. The van der Waals surface area contributed by atoms with Crippen LogP contribution in [-0.2, 0) is 11.3 Å². The molecule has 1 atom stereocenters. The van der Waals surface area contributed by atoms with Gasteiger partial charge in [-0.1, -0.05) is 42.5 Å². The first kappa shape index (κ1) is 18.6. The second kappa shape index (κ2) is 7.67. The number of aliphatic hydroxyl groups excluding tert-OH is 1. The molecule has 1 amide bonds. The molecule has 29 heavy (non-hydrogen) atoms. The van der Waals surface area contributed by atoms with Crippen LogP contribution in [0.1, 0.15) is 27.7 Å². The maximum Gasteiger partial charge on any atom is 0.290 e. The maximum atomic E-state index is 13.1. The number of rotatable bonds is 6. The molecule has 4 rings (SSSR count). The summed E-state index contributed by atoms with van der Waals surface area (Å²) >= 11 is 0. The van der Waals surface area contributed by atoms with Crippen LogP contribution in [0.15, 0.2) is 88.7 Å². The highest BCUT2D eigenvalue weighted by molar-refractivity contribution is 6.14. The van der Waals surface area contributed by atoms with E-state index in [0.29, 0.717) is 11.3 Å². The van der Waals surface area contributed by atoms with Crippen molar-refractivity contribution in [3.63, 3.8) is 0 Å². The second-order valence-electron chi connectivity index (χ2n) is 6.66. The van der Waals surface area contributed by atoms with E-state index in [9.17, 15) is 14.7 Å². The Bertz CT molecular complexity index is 1050. The highest BCUT2D eigenvalue weighted by Crippen LogP contribution is 2.40. The number of carbonyl (C=O) groups excluding carboxylic acids is 2. The lowest BCUT2D eigenvalue weighted by atomic mass is 9.95. The molecule has 0 radical (unpaired) electrons. The first-order chi connectivity index (χ1) is 14.1. The summed E-state index contributed by atoms with van der Waals surface area (Å²) in [7, 11) is 1.56. The molecule has 146 valence electrons. The molecule has 0 spiro atoms. The largest absolute Gasteiger partial charge is 0.503 e. The number of nitrogens with zero attached hydrogens (tertiary/aromatic N) is 1. The minimum absolute atomic E-state index is 0.00560. The van der Waals surface area contributed by atoms with Gasteiger partial charge in [-0.05, 0) is 35.4 Å². The first-order valence-electron chi connectivity index (χ1n) is 9.10. The Kier molecular flexibility index (Phi) is 4.91. The normalized spacial score (nSPS) is 16.4. The molecule has 1 aliphatic heterocycles. The summed E-state index contributed by atoms with van der Waals surface area (Å²) in [6.07, 6.45) is 1.38. The second-order valence-corrected chi connectivity index (χ2v) is 6.66. The Labute approximate surface area is 167 Å². The van der Waals surface area contributed by atoms with E-state index in [1.165, 1.54) is 17.2 Å². The van der Waals surface area contributed by atoms with E-state index in [1.54, 1.807) is 37.4 Å². The number of Topliss-reactive ketones (excluding diaryl/α,β-unsaturated/α-hetero) is 1. The van der Waals surface area contributed by atoms with E-state index < -0.39 is 23.5 Å². The van der Waals surface area contributed by atoms with E-state index in [1.807, 2.05) is 30.3 Å². The Morgan fingerprint density at radius 1 is 1.07 bits per heavy atom. The minimum atomic E-state index is -0.744. The van der Waals surface area contributed by atoms with Crippen molar-refractivity contribution < 1.29 is 23.8 Å². The number of methoxy groups -OCH3 is 1. The SMILES string of the molecule is COc1ccc(C2C(C(=O)c3ccco3)=C(O)C(=O)N2Cc2ccccc2)cc1. The van der Waals surface area contributed by atoms with Gasteiger partial charge in [-0.3, -0.25) is 9.59 Å². The number of ketones is 1. The molecule has 0 aliphatic carbocycles. The summed E-state index contributed by atoms with van der Waals surface area (Å²) in [5, 5.41) is 10.6. The van der Waals surface area contributed by atoms with Gasteiger partial charge in [-0.25, -0.2) is 0 Å². The van der Waals surface area contributed by atoms with Crippen LogP contribution < -0.4 is 4.74 Å². The number of hydrogen-bond acceptors (Lipinski definition) is 5. The summed E-state index contributed by atoms with van der Waals surface area (Å²) in [6, 6.07) is 18.8. The number of amides is 1. The van der Waals surface area contributed by atoms with Crippen LogP contribution >= 0.6 is 0 Å². The van der Waals surface area contributed by atoms with Crippen molar-refractivity contribution in [2.75, 3.05) is 7.11 Å². The van der Waals surface area contributed by atoms with E-state index in [-0.39, 0.29) is 17.9 Å². The van der Waals surface area contributed by atoms with E-state index in [2.05, 4.69) is 0 Å². The monoisotopic (exact) mass is 389 g/mol. The van der Waals surface area contributed by atoms with Gasteiger partial charge in [-0.15, -0.1) is 0 Å². The third kappa shape index (κ3) is 3.40. The molecule has 0 bridgehead atoms. The predicted molar refractivity (Wildman–Crippen MR) is 105 cm³/mol. The van der Waals surface area contributed by atoms with Crippen LogP contribution in [0.25, 0.3) is 0 Å². The number of furan rings is 1. The van der Waals surface area contributed by atoms with Gasteiger partial charge < -0.3 is 19.2 Å². The average Bonchev–Trinajstić information content (AvgIpc) is 3.38. The molecule has 1 aliphatic rings. The Morgan fingerprint density at radius 2 is 1.79 bits per heavy atom. The van der Waals surface area contributed by atoms with Crippen LogP contribution in [-0.4, -0.2) is 28.8 Å². The molecule has 6 nitrogen and oxygen atoms in total. The Morgan fingerprint density at radius 3 is 2.41 bits per heavy atom. The van der Waals surface area contributed by atoms with Crippen molar-refractivity contribution in [2.24, 2.45) is 0 Å². The van der Waals surface area contributed by atoms with Crippen molar-refractivity contribution in [3.05, 3.63) is 101 Å². The van der Waals surface area contributed by atoms with Gasteiger partial charge in [0.25, 0.3) is 5.91 Å². The van der Waals surface area contributed by atoms with Crippen molar-refractivity contribution in [1.29, 1.82) is 0 Å². The fourth-order valence-corrected chi connectivity index (χ4v) is 3.50. The van der Waals surface area contributed by atoms with Crippen molar-refractivity contribution in [2.45, 2.75) is 12.6 Å². The zero-order valence-electron chi connectivity index (χ0n) is 15.7. The molecule has 3 aromatic rings. The van der Waals surface area contributed by atoms with Crippen LogP contribution in [0.4, 0.5) is 0 Å². The molecular weight excluding hydrogens is 370 g/mol. The molecular formula is C23H19NO5. The van der Waals surface area contributed by atoms with Crippen LogP contribution in [0.3, 0.4) is 0 Å². The molecule has 0 fully saturated rings. The van der Waals surface area contributed by atoms with Crippen LogP contribution in [0.5, 0.6) is 5.75 Å². The van der Waals surface area contributed by atoms with E-state index in [4.69, 9.17) is 9.15 Å². The fourth-order valence-electron chi connectivity index (χ4n) is 3.50. The standard InChI is InChI=1S/C23H19NO5/c1-28-17-11-9-16(10-12-17)20-19(21(25)18-8-5-13-29-18)22(26)23(27)24(20)14-15-6-3-2-4-7-15/h2-13,20,26H,14H2,1H3. The molecule has 2 heterocycles. The van der Waals surface area contributed by atoms with Gasteiger partial charge in [-0.2, -0.15) is 0 Å². The van der Waals surface area contributed by atoms with Gasteiger partial charge in [0.05, 0.1) is 25.0 Å². The lowest BCUT2D eigenvalue weighted by Crippen LogP contribution is -2.30. The molecule has 1 unspecified atom stereocenters. The van der Waals surface area contributed by atoms with Crippen LogP contribution in [0, 0.1) is 0 Å². The number of ether oxygens (including phenoxy) is 1. The Balaban J connectivity index is 1.79. The summed E-state index contributed by atoms with van der Waals surface area (Å²) < 4.78 is 10.4. The Hall–Kier alpha value is -3.80. The van der Waals surface area contributed by atoms with Crippen molar-refractivity contribution >= 4 is 11.7 Å². The lowest BCUT2D eigenvalue weighted by Gasteiger charge is -2.27. The van der Waals surface area contributed by atoms with Crippen LogP contribution in [0.2, 0.25) is 0 Å². The summed E-state index contributed by atoms with van der Waals surface area (Å²) in [5.74, 6) is -0.941. The highest BCUT2D eigenvalue weighted by atomic mass is 16.5. The molecule has 0 saturated carbocycles. The topological polar surface area (TPSA) is 80.0 Å².